The normalized spacial score (nSPS) is 19.1. The summed E-state index contributed by atoms with van der Waals surface area (Å²) in [6.07, 6.45) is 4.74. The lowest BCUT2D eigenvalue weighted by Gasteiger charge is -1.83. The predicted octanol–water partition coefficient (Wildman–Crippen LogP) is 0.378. The van der Waals surface area contributed by atoms with Crippen LogP contribution in [0, 0.1) is 0 Å². The molecule has 2 rings (SSSR count). The molecule has 0 spiro atoms. The van der Waals surface area contributed by atoms with Gasteiger partial charge in [-0.3, -0.25) is 4.99 Å². The molecule has 0 radical (unpaired) electrons. The lowest BCUT2D eigenvalue weighted by Crippen LogP contribution is -2.07. The minimum Gasteiger partial charge on any atom is -0.477 e. The van der Waals surface area contributed by atoms with Crippen LogP contribution in [0.25, 0.3) is 0 Å². The summed E-state index contributed by atoms with van der Waals surface area (Å²) in [4.78, 5) is 18.1. The number of fused-ring (bicyclic) bond motifs is 1. The van der Waals surface area contributed by atoms with E-state index in [9.17, 15) is 4.79 Å². The van der Waals surface area contributed by atoms with E-state index >= 15 is 0 Å². The maximum absolute atomic E-state index is 10.4. The molecule has 0 aromatic heterocycles. The number of aliphatic imine (C=N–C) groups is 2. The van der Waals surface area contributed by atoms with Gasteiger partial charge in [0.2, 0.25) is 0 Å². The fourth-order valence-electron chi connectivity index (χ4n) is 0.947. The number of allylic oxidation sites excluding steroid dienone is 1. The Morgan fingerprint density at radius 1 is 1.45 bits per heavy atom. The van der Waals surface area contributed by atoms with Crippen molar-refractivity contribution in [3.63, 3.8) is 0 Å². The van der Waals surface area contributed by atoms with E-state index in [1.807, 2.05) is 0 Å². The third kappa shape index (κ3) is 0.797. The van der Waals surface area contributed by atoms with Crippen molar-refractivity contribution in [3.8, 4) is 0 Å². The molecule has 0 aliphatic carbocycles. The van der Waals surface area contributed by atoms with Gasteiger partial charge < -0.3 is 5.11 Å². The first-order valence-corrected chi connectivity index (χ1v) is 3.06. The van der Waals surface area contributed by atoms with Gasteiger partial charge in [-0.1, -0.05) is 0 Å². The molecule has 11 heavy (non-hydrogen) atoms. The predicted molar refractivity (Wildman–Crippen MR) is 39.7 cm³/mol. The van der Waals surface area contributed by atoms with E-state index in [0.29, 0.717) is 11.4 Å². The van der Waals surface area contributed by atoms with Crippen LogP contribution >= 0.6 is 0 Å². The number of carboxylic acids is 1. The highest BCUT2D eigenvalue weighted by Crippen LogP contribution is 2.22. The van der Waals surface area contributed by atoms with Crippen molar-refractivity contribution in [2.24, 2.45) is 9.98 Å². The number of aliphatic carboxylic acids is 1. The highest BCUT2D eigenvalue weighted by atomic mass is 16.4. The van der Waals surface area contributed by atoms with E-state index in [0.717, 1.165) is 0 Å². The van der Waals surface area contributed by atoms with E-state index in [1.54, 1.807) is 12.3 Å². The average Bonchev–Trinajstić information content (AvgIpc) is 2.40. The molecule has 2 aliphatic heterocycles. The molecule has 2 aliphatic rings. The fourth-order valence-corrected chi connectivity index (χ4v) is 0.947. The van der Waals surface area contributed by atoms with Crippen molar-refractivity contribution in [2.75, 3.05) is 0 Å². The number of nitrogens with zero attached hydrogens (tertiary/aromatic N) is 2. The van der Waals surface area contributed by atoms with Gasteiger partial charge in [-0.2, -0.15) is 0 Å². The van der Waals surface area contributed by atoms with Crippen molar-refractivity contribution in [2.45, 2.75) is 0 Å². The van der Waals surface area contributed by atoms with Crippen molar-refractivity contribution in [1.82, 2.24) is 0 Å². The fraction of sp³-hybridized carbons (Fsp3) is 0. The third-order valence-electron chi connectivity index (χ3n) is 1.44. The van der Waals surface area contributed by atoms with Crippen LogP contribution in [-0.4, -0.2) is 23.0 Å². The molecule has 0 amide bonds. The molecular weight excluding hydrogens is 144 g/mol. The highest BCUT2D eigenvalue weighted by Gasteiger charge is 2.19. The monoisotopic (exact) mass is 148 g/mol. The van der Waals surface area contributed by atoms with Crippen molar-refractivity contribution in [3.05, 3.63) is 23.5 Å². The molecule has 1 N–H and O–H groups in total. The maximum atomic E-state index is 10.4. The van der Waals surface area contributed by atoms with Gasteiger partial charge >= 0.3 is 5.97 Å². The molecule has 0 bridgehead atoms. The van der Waals surface area contributed by atoms with Crippen molar-refractivity contribution >= 4 is 17.9 Å². The van der Waals surface area contributed by atoms with Gasteiger partial charge in [0.05, 0.1) is 11.4 Å². The number of hydrogen-bond acceptors (Lipinski definition) is 3. The summed E-state index contributed by atoms with van der Waals surface area (Å²) in [6.45, 7) is 0. The molecule has 0 aromatic carbocycles. The Bertz CT molecular complexity index is 347. The van der Waals surface area contributed by atoms with E-state index in [1.165, 1.54) is 6.08 Å². The van der Waals surface area contributed by atoms with Crippen LogP contribution in [0.3, 0.4) is 0 Å². The van der Waals surface area contributed by atoms with Crippen LogP contribution in [0.4, 0.5) is 0 Å². The lowest BCUT2D eigenvalue weighted by molar-refractivity contribution is -0.129. The minimum absolute atomic E-state index is 0.0584. The van der Waals surface area contributed by atoms with Gasteiger partial charge in [0.1, 0.15) is 0 Å². The van der Waals surface area contributed by atoms with Gasteiger partial charge in [-0.25, -0.2) is 9.79 Å². The smallest absolute Gasteiger partial charge is 0.354 e. The van der Waals surface area contributed by atoms with Crippen LogP contribution in [0.15, 0.2) is 33.5 Å². The summed E-state index contributed by atoms with van der Waals surface area (Å²) in [5.41, 5.74) is 1.34. The van der Waals surface area contributed by atoms with Crippen molar-refractivity contribution in [1.29, 1.82) is 0 Å². The molecule has 0 saturated heterocycles. The summed E-state index contributed by atoms with van der Waals surface area (Å²) in [5.74, 6) is -1.01. The molecule has 0 fully saturated rings. The zero-order chi connectivity index (χ0) is 7.84. The summed E-state index contributed by atoms with van der Waals surface area (Å²) >= 11 is 0. The second-order valence-electron chi connectivity index (χ2n) is 2.16. The second kappa shape index (κ2) is 1.88. The molecule has 0 saturated carbocycles. The van der Waals surface area contributed by atoms with E-state index < -0.39 is 5.97 Å². The standard InChI is InChI=1S/C7H4N2O2/c10-7(11)6-3-5-4(9-6)1-2-8-5/h1-3H,(H,10,11). The summed E-state index contributed by atoms with van der Waals surface area (Å²) < 4.78 is 0. The first kappa shape index (κ1) is 6.03. The second-order valence-corrected chi connectivity index (χ2v) is 2.16. The SMILES string of the molecule is O=C(O)C1=NC2=CC=NC2=C1. The first-order valence-electron chi connectivity index (χ1n) is 3.06. The van der Waals surface area contributed by atoms with Crippen LogP contribution in [0.1, 0.15) is 0 Å². The van der Waals surface area contributed by atoms with E-state index in [2.05, 4.69) is 9.98 Å². The Morgan fingerprint density at radius 3 is 2.91 bits per heavy atom. The Morgan fingerprint density at radius 2 is 2.27 bits per heavy atom. The molecule has 2 heterocycles. The van der Waals surface area contributed by atoms with E-state index in [4.69, 9.17) is 5.11 Å². The average molecular weight is 148 g/mol. The lowest BCUT2D eigenvalue weighted by atomic mass is 10.3. The van der Waals surface area contributed by atoms with Gasteiger partial charge in [0.15, 0.2) is 5.71 Å². The number of hydrogen-bond donors (Lipinski definition) is 1. The Labute approximate surface area is 62.3 Å². The summed E-state index contributed by atoms with van der Waals surface area (Å²) in [7, 11) is 0. The molecule has 0 unspecified atom stereocenters. The molecule has 4 heteroatoms. The van der Waals surface area contributed by atoms with Crippen LogP contribution in [-0.2, 0) is 4.79 Å². The number of rotatable bonds is 1. The largest absolute Gasteiger partial charge is 0.477 e. The third-order valence-corrected chi connectivity index (χ3v) is 1.44. The summed E-state index contributed by atoms with van der Waals surface area (Å²) in [6, 6.07) is 0. The van der Waals surface area contributed by atoms with E-state index in [-0.39, 0.29) is 5.71 Å². The molecule has 0 aromatic rings. The number of carbonyl (C=O) groups is 1. The Hall–Kier alpha value is -1.71. The van der Waals surface area contributed by atoms with Gasteiger partial charge in [-0.15, -0.1) is 0 Å². The zero-order valence-corrected chi connectivity index (χ0v) is 5.48. The van der Waals surface area contributed by atoms with Gasteiger partial charge in [-0.05, 0) is 12.2 Å². The maximum Gasteiger partial charge on any atom is 0.354 e. The van der Waals surface area contributed by atoms with Gasteiger partial charge in [0.25, 0.3) is 0 Å². The summed E-state index contributed by atoms with van der Waals surface area (Å²) in [5, 5.41) is 8.51. The minimum atomic E-state index is -1.01. The van der Waals surface area contributed by atoms with Crippen LogP contribution in [0.5, 0.6) is 0 Å². The molecule has 4 nitrogen and oxygen atoms in total. The van der Waals surface area contributed by atoms with Crippen LogP contribution in [0.2, 0.25) is 0 Å². The Kier molecular flexibility index (Phi) is 1.03. The first-order chi connectivity index (χ1) is 5.27. The molecule has 54 valence electrons. The molecule has 0 atom stereocenters. The zero-order valence-electron chi connectivity index (χ0n) is 5.48. The number of carboxylic acid groups (broad SMARTS) is 1. The topological polar surface area (TPSA) is 62.0 Å². The quantitative estimate of drug-likeness (QED) is 0.584. The van der Waals surface area contributed by atoms with Gasteiger partial charge in [0, 0.05) is 6.21 Å². The van der Waals surface area contributed by atoms with Crippen molar-refractivity contribution < 1.29 is 9.90 Å². The van der Waals surface area contributed by atoms with Crippen LogP contribution < -0.4 is 0 Å². The molecular formula is C7H4N2O2. The Balaban J connectivity index is 2.41. The highest BCUT2D eigenvalue weighted by molar-refractivity contribution is 6.41.